The topological polar surface area (TPSA) is 153 Å². The lowest BCUT2D eigenvalue weighted by Crippen LogP contribution is -2.45. The van der Waals surface area contributed by atoms with Gasteiger partial charge in [-0.15, -0.1) is 0 Å². The number of rotatable bonds is 13. The first-order valence-electron chi connectivity index (χ1n) is 15.0. The summed E-state index contributed by atoms with van der Waals surface area (Å²) in [6.45, 7) is 6.19. The van der Waals surface area contributed by atoms with Crippen LogP contribution in [0.3, 0.4) is 0 Å². The maximum absolute atomic E-state index is 13.8. The van der Waals surface area contributed by atoms with Gasteiger partial charge in [0, 0.05) is 38.0 Å². The normalized spacial score (nSPS) is 14.8. The summed E-state index contributed by atoms with van der Waals surface area (Å²) in [7, 11) is 4.66. The smallest absolute Gasteiger partial charge is 0.242 e. The van der Waals surface area contributed by atoms with Crippen LogP contribution in [0.25, 0.3) is 11.1 Å². The van der Waals surface area contributed by atoms with Crippen LogP contribution in [0.2, 0.25) is 0 Å². The molecule has 4 rings (SSSR count). The molecule has 1 heterocycles. The van der Waals surface area contributed by atoms with E-state index in [2.05, 4.69) is 31.2 Å². The SMILES string of the molecule is CC[C@@H](C)[C@H](Nc1ccc2c(cc1=O)[C@@H](NC(C)=O)CCc1cc(OC)c(OC)c(OC)c1-2)C(=O)NCCNc1ncccn1. The molecular weight excluding hydrogens is 576 g/mol. The number of anilines is 2. The van der Waals surface area contributed by atoms with Crippen molar-refractivity contribution in [3.05, 3.63) is 64.1 Å². The van der Waals surface area contributed by atoms with Gasteiger partial charge >= 0.3 is 0 Å². The van der Waals surface area contributed by atoms with Gasteiger partial charge in [0.05, 0.1) is 33.1 Å². The molecule has 0 spiro atoms. The predicted octanol–water partition coefficient (Wildman–Crippen LogP) is 3.71. The second-order valence-electron chi connectivity index (χ2n) is 10.9. The van der Waals surface area contributed by atoms with Gasteiger partial charge in [-0.05, 0) is 59.7 Å². The summed E-state index contributed by atoms with van der Waals surface area (Å²) in [5.74, 6) is 1.37. The number of methoxy groups -OCH3 is 3. The van der Waals surface area contributed by atoms with Gasteiger partial charge in [-0.3, -0.25) is 14.4 Å². The molecule has 0 saturated heterocycles. The lowest BCUT2D eigenvalue weighted by Gasteiger charge is -2.24. The van der Waals surface area contributed by atoms with E-state index in [1.807, 2.05) is 26.0 Å². The average molecular weight is 619 g/mol. The number of aryl methyl sites for hydroxylation is 1. The van der Waals surface area contributed by atoms with Gasteiger partial charge in [0.25, 0.3) is 0 Å². The number of benzene rings is 1. The van der Waals surface area contributed by atoms with Crippen LogP contribution in [-0.4, -0.2) is 62.2 Å². The molecule has 3 atom stereocenters. The molecular formula is C33H42N6O6. The molecule has 240 valence electrons. The number of hydrogen-bond acceptors (Lipinski definition) is 10. The number of carbonyl (C=O) groups excluding carboxylic acids is 2. The van der Waals surface area contributed by atoms with Crippen LogP contribution in [-0.2, 0) is 16.0 Å². The average Bonchev–Trinajstić information content (AvgIpc) is 3.28. The van der Waals surface area contributed by atoms with Gasteiger partial charge in [0.15, 0.2) is 11.5 Å². The van der Waals surface area contributed by atoms with Crippen molar-refractivity contribution in [2.24, 2.45) is 5.92 Å². The summed E-state index contributed by atoms with van der Waals surface area (Å²) in [6, 6.07) is 7.59. The number of fused-ring (bicyclic) bond motifs is 3. The molecule has 2 amide bonds. The maximum Gasteiger partial charge on any atom is 0.242 e. The molecule has 0 unspecified atom stereocenters. The second kappa shape index (κ2) is 15.2. The molecule has 0 fully saturated rings. The van der Waals surface area contributed by atoms with E-state index < -0.39 is 12.1 Å². The zero-order valence-electron chi connectivity index (χ0n) is 26.7. The van der Waals surface area contributed by atoms with Crippen LogP contribution in [0.1, 0.15) is 50.8 Å². The molecule has 2 aromatic carbocycles. The predicted molar refractivity (Wildman–Crippen MR) is 173 cm³/mol. The number of nitrogens with zero attached hydrogens (tertiary/aromatic N) is 2. The lowest BCUT2D eigenvalue weighted by molar-refractivity contribution is -0.122. The molecule has 12 heteroatoms. The van der Waals surface area contributed by atoms with Gasteiger partial charge in [-0.25, -0.2) is 9.97 Å². The zero-order chi connectivity index (χ0) is 32.5. The first-order valence-corrected chi connectivity index (χ1v) is 15.0. The fraction of sp³-hybridized carbons (Fsp3) is 0.424. The highest BCUT2D eigenvalue weighted by molar-refractivity contribution is 5.86. The van der Waals surface area contributed by atoms with E-state index in [4.69, 9.17) is 14.2 Å². The summed E-state index contributed by atoms with van der Waals surface area (Å²) in [5, 5.41) is 12.3. The highest BCUT2D eigenvalue weighted by Gasteiger charge is 2.30. The summed E-state index contributed by atoms with van der Waals surface area (Å²) < 4.78 is 17.1. The highest BCUT2D eigenvalue weighted by Crippen LogP contribution is 2.50. The van der Waals surface area contributed by atoms with Crippen molar-refractivity contribution < 1.29 is 23.8 Å². The molecule has 3 aromatic rings. The van der Waals surface area contributed by atoms with E-state index in [-0.39, 0.29) is 28.8 Å². The Morgan fingerprint density at radius 2 is 1.76 bits per heavy atom. The second-order valence-corrected chi connectivity index (χ2v) is 10.9. The zero-order valence-corrected chi connectivity index (χ0v) is 26.7. The van der Waals surface area contributed by atoms with E-state index in [1.54, 1.807) is 51.9 Å². The maximum atomic E-state index is 13.8. The minimum Gasteiger partial charge on any atom is -0.493 e. The quantitative estimate of drug-likeness (QED) is 0.209. The molecule has 0 aliphatic heterocycles. The Kier molecular flexibility index (Phi) is 11.2. The van der Waals surface area contributed by atoms with Crippen molar-refractivity contribution in [2.45, 2.75) is 52.1 Å². The van der Waals surface area contributed by atoms with Crippen LogP contribution in [0, 0.1) is 5.92 Å². The first-order chi connectivity index (χ1) is 21.7. The molecule has 0 saturated carbocycles. The Bertz CT molecular complexity index is 1570. The van der Waals surface area contributed by atoms with Gasteiger partial charge in [0.2, 0.25) is 28.9 Å². The molecule has 0 bridgehead atoms. The Morgan fingerprint density at radius 3 is 2.40 bits per heavy atom. The number of aromatic nitrogens is 2. The minimum atomic E-state index is -0.671. The summed E-state index contributed by atoms with van der Waals surface area (Å²) in [5.41, 5.74) is 3.00. The fourth-order valence-electron chi connectivity index (χ4n) is 5.56. The van der Waals surface area contributed by atoms with Gasteiger partial charge in [-0.2, -0.15) is 0 Å². The number of nitrogens with one attached hydrogen (secondary N) is 4. The molecule has 1 aromatic heterocycles. The van der Waals surface area contributed by atoms with E-state index in [1.165, 1.54) is 6.92 Å². The third kappa shape index (κ3) is 7.62. The standard InChI is InChI=1S/C33H42N6O6/c1-7-19(2)29(32(42)34-15-16-37-33-35-13-8-14-36-33)39-25-12-10-22-23(18-26(25)41)24(38-20(3)40)11-9-21-17-27(43-4)30(44-5)31(45-6)28(21)22/h8,10,12-14,17-19,24,29H,7,9,11,15-16H2,1-6H3,(H,34,42)(H,38,40)(H,39,41)(H,35,36,37)/t19-,24+,29+/m1/s1. The van der Waals surface area contributed by atoms with Crippen molar-refractivity contribution in [2.75, 3.05) is 45.1 Å². The van der Waals surface area contributed by atoms with Crippen molar-refractivity contribution in [1.29, 1.82) is 0 Å². The Labute approximate surface area is 263 Å². The third-order valence-corrected chi connectivity index (χ3v) is 8.00. The van der Waals surface area contributed by atoms with Gasteiger partial charge in [0.1, 0.15) is 6.04 Å². The van der Waals surface area contributed by atoms with E-state index in [0.29, 0.717) is 66.7 Å². The van der Waals surface area contributed by atoms with Crippen LogP contribution in [0.5, 0.6) is 17.2 Å². The van der Waals surface area contributed by atoms with Crippen LogP contribution in [0.4, 0.5) is 11.6 Å². The molecule has 45 heavy (non-hydrogen) atoms. The highest BCUT2D eigenvalue weighted by atomic mass is 16.5. The Balaban J connectivity index is 1.72. The molecule has 4 N–H and O–H groups in total. The summed E-state index contributed by atoms with van der Waals surface area (Å²) >= 11 is 0. The summed E-state index contributed by atoms with van der Waals surface area (Å²) in [4.78, 5) is 47.7. The first kappa shape index (κ1) is 33.0. The monoisotopic (exact) mass is 618 g/mol. The van der Waals surface area contributed by atoms with E-state index in [0.717, 1.165) is 11.1 Å². The number of ether oxygens (including phenoxy) is 3. The minimum absolute atomic E-state index is 0.0807. The van der Waals surface area contributed by atoms with E-state index in [9.17, 15) is 14.4 Å². The van der Waals surface area contributed by atoms with Gasteiger partial charge in [-0.1, -0.05) is 26.3 Å². The Hall–Kier alpha value is -4.87. The fourth-order valence-corrected chi connectivity index (χ4v) is 5.56. The van der Waals surface area contributed by atoms with Crippen LogP contribution < -0.4 is 40.9 Å². The van der Waals surface area contributed by atoms with E-state index >= 15 is 0 Å². The largest absolute Gasteiger partial charge is 0.493 e. The van der Waals surface area contributed by atoms with Crippen molar-refractivity contribution >= 4 is 23.5 Å². The van der Waals surface area contributed by atoms with Crippen molar-refractivity contribution in [1.82, 2.24) is 20.6 Å². The Morgan fingerprint density at radius 1 is 1.02 bits per heavy atom. The molecule has 1 aliphatic carbocycles. The molecule has 1 aliphatic rings. The van der Waals surface area contributed by atoms with Crippen LogP contribution in [0.15, 0.2) is 47.5 Å². The molecule has 0 radical (unpaired) electrons. The number of carbonyl (C=O) groups is 2. The molecule has 12 nitrogen and oxygen atoms in total. The number of hydrogen-bond donors (Lipinski definition) is 4. The van der Waals surface area contributed by atoms with Crippen molar-refractivity contribution in [3.63, 3.8) is 0 Å². The van der Waals surface area contributed by atoms with Crippen molar-refractivity contribution in [3.8, 4) is 28.4 Å². The number of amides is 2. The van der Waals surface area contributed by atoms with Gasteiger partial charge < -0.3 is 35.5 Å². The lowest BCUT2D eigenvalue weighted by atomic mass is 9.95. The van der Waals surface area contributed by atoms with Crippen LogP contribution >= 0.6 is 0 Å². The summed E-state index contributed by atoms with van der Waals surface area (Å²) in [6.07, 6.45) is 5.12. The third-order valence-electron chi connectivity index (χ3n) is 8.00.